The van der Waals surface area contributed by atoms with Gasteiger partial charge in [0.1, 0.15) is 16.3 Å². The second-order valence-corrected chi connectivity index (χ2v) is 6.57. The highest BCUT2D eigenvalue weighted by atomic mass is 32.2. The van der Waals surface area contributed by atoms with Gasteiger partial charge in [-0.2, -0.15) is 11.8 Å². The number of carbonyl (C=O) groups is 2. The summed E-state index contributed by atoms with van der Waals surface area (Å²) in [4.78, 5) is 22.1. The maximum absolute atomic E-state index is 11.2. The van der Waals surface area contributed by atoms with Crippen molar-refractivity contribution in [3.8, 4) is 0 Å². The molecule has 0 aromatic rings. The first-order valence-corrected chi connectivity index (χ1v) is 7.99. The van der Waals surface area contributed by atoms with E-state index in [1.807, 2.05) is 0 Å². The number of ketones is 1. The van der Waals surface area contributed by atoms with Crippen molar-refractivity contribution in [2.75, 3.05) is 30.1 Å². The Morgan fingerprint density at radius 3 is 2.44 bits per heavy atom. The Morgan fingerprint density at radius 1 is 1.31 bits per heavy atom. The van der Waals surface area contributed by atoms with Crippen LogP contribution in [0.25, 0.3) is 0 Å². The van der Waals surface area contributed by atoms with Crippen LogP contribution in [0.3, 0.4) is 0 Å². The Morgan fingerprint density at radius 2 is 1.94 bits per heavy atom. The van der Waals surface area contributed by atoms with Crippen LogP contribution < -0.4 is 0 Å². The molecule has 0 aromatic heterocycles. The first kappa shape index (κ1) is 15.4. The van der Waals surface area contributed by atoms with E-state index < -0.39 is 15.8 Å². The molecule has 0 saturated heterocycles. The molecule has 0 aliphatic carbocycles. The second kappa shape index (κ2) is 7.67. The molecule has 0 heterocycles. The highest BCUT2D eigenvalue weighted by Gasteiger charge is 2.10. The number of Topliss-reactive ketones (excluding diaryl/α,β-unsaturated/α-hetero) is 1. The average Bonchev–Trinajstić information content (AvgIpc) is 2.11. The molecule has 0 bridgehead atoms. The van der Waals surface area contributed by atoms with Gasteiger partial charge in [-0.1, -0.05) is 0 Å². The molecule has 0 atom stereocenters. The lowest BCUT2D eigenvalue weighted by Crippen LogP contribution is -2.14. The van der Waals surface area contributed by atoms with Crippen molar-refractivity contribution in [2.45, 2.75) is 13.3 Å². The Bertz CT molecular complexity index is 334. The summed E-state index contributed by atoms with van der Waals surface area (Å²) in [5, 5.41) is 0. The number of ether oxygens (including phenoxy) is 1. The Kier molecular flexibility index (Phi) is 7.40. The lowest BCUT2D eigenvalue weighted by Gasteiger charge is -2.01. The number of sulfone groups is 1. The number of rotatable bonds is 8. The molecule has 0 radical (unpaired) electrons. The summed E-state index contributed by atoms with van der Waals surface area (Å²) < 4.78 is 26.1. The van der Waals surface area contributed by atoms with Crippen LogP contribution in [0.15, 0.2) is 0 Å². The SMILES string of the molecule is CCOC(=O)CC(=O)CSCCS(C)(=O)=O. The quantitative estimate of drug-likeness (QED) is 0.358. The van der Waals surface area contributed by atoms with Crippen LogP contribution in [-0.2, 0) is 24.2 Å². The van der Waals surface area contributed by atoms with E-state index in [2.05, 4.69) is 4.74 Å². The van der Waals surface area contributed by atoms with E-state index in [1.54, 1.807) is 6.92 Å². The average molecular weight is 268 g/mol. The van der Waals surface area contributed by atoms with E-state index in [0.29, 0.717) is 5.75 Å². The fourth-order valence-corrected chi connectivity index (χ4v) is 2.98. The largest absolute Gasteiger partial charge is 0.466 e. The molecular weight excluding hydrogens is 252 g/mol. The maximum atomic E-state index is 11.2. The monoisotopic (exact) mass is 268 g/mol. The van der Waals surface area contributed by atoms with Gasteiger partial charge in [0.25, 0.3) is 0 Å². The molecule has 0 amide bonds. The zero-order valence-corrected chi connectivity index (χ0v) is 11.0. The first-order valence-electron chi connectivity index (χ1n) is 4.78. The minimum Gasteiger partial charge on any atom is -0.466 e. The number of carbonyl (C=O) groups excluding carboxylic acids is 2. The zero-order valence-electron chi connectivity index (χ0n) is 9.39. The number of thioether (sulfide) groups is 1. The van der Waals surface area contributed by atoms with Gasteiger partial charge in [0.2, 0.25) is 0 Å². The van der Waals surface area contributed by atoms with Crippen LogP contribution >= 0.6 is 11.8 Å². The highest BCUT2D eigenvalue weighted by Crippen LogP contribution is 2.03. The summed E-state index contributed by atoms with van der Waals surface area (Å²) in [6.45, 7) is 1.93. The number of esters is 1. The molecule has 0 aliphatic heterocycles. The lowest BCUT2D eigenvalue weighted by molar-refractivity contribution is -0.145. The summed E-state index contributed by atoms with van der Waals surface area (Å²) in [7, 11) is -2.98. The molecule has 0 aliphatic rings. The van der Waals surface area contributed by atoms with Gasteiger partial charge in [0.05, 0.1) is 18.1 Å². The van der Waals surface area contributed by atoms with Crippen LogP contribution in [0.2, 0.25) is 0 Å². The molecule has 0 rings (SSSR count). The molecular formula is C9H16O5S2. The van der Waals surface area contributed by atoms with E-state index in [0.717, 1.165) is 6.26 Å². The zero-order chi connectivity index (χ0) is 12.6. The third-order valence-corrected chi connectivity index (χ3v) is 3.73. The summed E-state index contributed by atoms with van der Waals surface area (Å²) in [5.41, 5.74) is 0. The molecule has 94 valence electrons. The van der Waals surface area contributed by atoms with Gasteiger partial charge in [-0.3, -0.25) is 9.59 Å². The molecule has 0 saturated carbocycles. The van der Waals surface area contributed by atoms with E-state index in [4.69, 9.17) is 0 Å². The van der Waals surface area contributed by atoms with Gasteiger partial charge in [0.15, 0.2) is 5.78 Å². The van der Waals surface area contributed by atoms with Crippen molar-refractivity contribution in [1.82, 2.24) is 0 Å². The van der Waals surface area contributed by atoms with Crippen LogP contribution in [0.5, 0.6) is 0 Å². The maximum Gasteiger partial charge on any atom is 0.313 e. The molecule has 0 spiro atoms. The Balaban J connectivity index is 3.63. The van der Waals surface area contributed by atoms with Crippen molar-refractivity contribution in [3.05, 3.63) is 0 Å². The minimum atomic E-state index is -2.98. The van der Waals surface area contributed by atoms with Crippen molar-refractivity contribution in [1.29, 1.82) is 0 Å². The van der Waals surface area contributed by atoms with Gasteiger partial charge in [-0.05, 0) is 6.92 Å². The minimum absolute atomic E-state index is 0.0460. The molecule has 16 heavy (non-hydrogen) atoms. The summed E-state index contributed by atoms with van der Waals surface area (Å²) in [6.07, 6.45) is 0.910. The van der Waals surface area contributed by atoms with Gasteiger partial charge in [-0.25, -0.2) is 8.42 Å². The standard InChI is InChI=1S/C9H16O5S2/c1-3-14-9(11)6-8(10)7-15-4-5-16(2,12)13/h3-7H2,1-2H3. The topological polar surface area (TPSA) is 77.5 Å². The van der Waals surface area contributed by atoms with Gasteiger partial charge in [-0.15, -0.1) is 0 Å². The molecule has 0 unspecified atom stereocenters. The van der Waals surface area contributed by atoms with Crippen LogP contribution in [-0.4, -0.2) is 50.3 Å². The van der Waals surface area contributed by atoms with E-state index in [1.165, 1.54) is 11.8 Å². The summed E-state index contributed by atoms with van der Waals surface area (Å²) in [5.74, 6) is -0.209. The Hall–Kier alpha value is -0.560. The lowest BCUT2D eigenvalue weighted by atomic mass is 10.3. The molecule has 7 heteroatoms. The predicted octanol–water partition coefficient (Wildman–Crippen LogP) is 0.287. The van der Waals surface area contributed by atoms with Gasteiger partial charge >= 0.3 is 5.97 Å². The van der Waals surface area contributed by atoms with Crippen LogP contribution in [0.1, 0.15) is 13.3 Å². The molecule has 0 aromatic carbocycles. The van der Waals surface area contributed by atoms with Crippen molar-refractivity contribution in [3.63, 3.8) is 0 Å². The second-order valence-electron chi connectivity index (χ2n) is 3.20. The van der Waals surface area contributed by atoms with Crippen molar-refractivity contribution in [2.24, 2.45) is 0 Å². The first-order chi connectivity index (χ1) is 7.35. The number of hydrogen-bond acceptors (Lipinski definition) is 6. The van der Waals surface area contributed by atoms with E-state index >= 15 is 0 Å². The Labute approximate surface area is 99.8 Å². The van der Waals surface area contributed by atoms with Crippen LogP contribution in [0, 0.1) is 0 Å². The molecule has 0 fully saturated rings. The molecule has 0 N–H and O–H groups in total. The van der Waals surface area contributed by atoms with E-state index in [-0.39, 0.29) is 30.3 Å². The molecule has 5 nitrogen and oxygen atoms in total. The summed E-state index contributed by atoms with van der Waals surface area (Å²) in [6, 6.07) is 0. The third kappa shape index (κ3) is 9.97. The third-order valence-electron chi connectivity index (χ3n) is 1.51. The highest BCUT2D eigenvalue weighted by molar-refractivity contribution is 8.01. The fourth-order valence-electron chi connectivity index (χ4n) is 0.820. The summed E-state index contributed by atoms with van der Waals surface area (Å²) >= 11 is 1.21. The van der Waals surface area contributed by atoms with Gasteiger partial charge < -0.3 is 4.74 Å². The normalized spacial score (nSPS) is 11.1. The number of hydrogen-bond donors (Lipinski definition) is 0. The van der Waals surface area contributed by atoms with Crippen LogP contribution in [0.4, 0.5) is 0 Å². The van der Waals surface area contributed by atoms with Crippen molar-refractivity contribution < 1.29 is 22.7 Å². The smallest absolute Gasteiger partial charge is 0.313 e. The predicted molar refractivity (Wildman–Crippen MR) is 63.3 cm³/mol. The van der Waals surface area contributed by atoms with Crippen molar-refractivity contribution >= 4 is 33.4 Å². The fraction of sp³-hybridized carbons (Fsp3) is 0.778. The van der Waals surface area contributed by atoms with Gasteiger partial charge in [0, 0.05) is 12.0 Å². The van der Waals surface area contributed by atoms with E-state index in [9.17, 15) is 18.0 Å².